The van der Waals surface area contributed by atoms with E-state index in [9.17, 15) is 18.9 Å². The van der Waals surface area contributed by atoms with Gasteiger partial charge in [0.15, 0.2) is 0 Å². The van der Waals surface area contributed by atoms with Gasteiger partial charge in [-0.1, -0.05) is 17.0 Å². The monoisotopic (exact) mass is 252 g/mol. The molecular formula is C10H6F2N4O2. The molecule has 1 aromatic rings. The third-order valence-electron chi connectivity index (χ3n) is 1.83. The molecule has 0 unspecified atom stereocenters. The molecule has 8 heteroatoms. The smallest absolute Gasteiger partial charge is 0.258 e. The Bertz CT molecular complexity index is 562. The van der Waals surface area contributed by atoms with Gasteiger partial charge in [0.05, 0.1) is 4.92 Å². The minimum Gasteiger partial charge on any atom is -0.258 e. The summed E-state index contributed by atoms with van der Waals surface area (Å²) in [5, 5.41) is 13.5. The Morgan fingerprint density at radius 1 is 1.44 bits per heavy atom. The van der Waals surface area contributed by atoms with E-state index in [0.29, 0.717) is 0 Å². The molecule has 0 aromatic heterocycles. The van der Waals surface area contributed by atoms with Crippen LogP contribution in [0.4, 0.5) is 14.5 Å². The molecule has 0 saturated heterocycles. The molecule has 0 aliphatic heterocycles. The second-order valence-electron chi connectivity index (χ2n) is 3.05. The van der Waals surface area contributed by atoms with Crippen molar-refractivity contribution in [1.82, 2.24) is 0 Å². The van der Waals surface area contributed by atoms with Crippen LogP contribution in [0.1, 0.15) is 12.0 Å². The molecule has 0 N–H and O–H groups in total. The zero-order chi connectivity index (χ0) is 13.5. The maximum Gasteiger partial charge on any atom is 0.340 e. The van der Waals surface area contributed by atoms with E-state index >= 15 is 0 Å². The lowest BCUT2D eigenvalue weighted by molar-refractivity contribution is -0.390. The van der Waals surface area contributed by atoms with Gasteiger partial charge < -0.3 is 0 Å². The summed E-state index contributed by atoms with van der Waals surface area (Å²) in [7, 11) is 0. The number of hydrogen-bond donors (Lipinski definition) is 0. The van der Waals surface area contributed by atoms with Crippen molar-refractivity contribution in [2.45, 2.75) is 6.42 Å². The average molecular weight is 252 g/mol. The van der Waals surface area contributed by atoms with Crippen molar-refractivity contribution in [3.63, 3.8) is 0 Å². The zero-order valence-electron chi connectivity index (χ0n) is 8.93. The van der Waals surface area contributed by atoms with Crippen LogP contribution in [0.5, 0.6) is 0 Å². The van der Waals surface area contributed by atoms with E-state index < -0.39 is 22.2 Å². The predicted molar refractivity (Wildman–Crippen MR) is 58.5 cm³/mol. The Kier molecular flexibility index (Phi) is 4.60. The van der Waals surface area contributed by atoms with E-state index in [4.69, 9.17) is 5.53 Å². The van der Waals surface area contributed by atoms with E-state index in [1.807, 2.05) is 0 Å². The van der Waals surface area contributed by atoms with Gasteiger partial charge in [0, 0.05) is 23.4 Å². The van der Waals surface area contributed by atoms with Gasteiger partial charge in [0.25, 0.3) is 0 Å². The second-order valence-corrected chi connectivity index (χ2v) is 3.05. The third kappa shape index (κ3) is 3.43. The molecule has 0 aliphatic rings. The average Bonchev–Trinajstić information content (AvgIpc) is 2.27. The molecule has 1 rings (SSSR count). The molecule has 0 amide bonds. The van der Waals surface area contributed by atoms with Gasteiger partial charge in [0.2, 0.25) is 11.6 Å². The van der Waals surface area contributed by atoms with Crippen LogP contribution in [0.25, 0.3) is 10.4 Å². The molecule has 0 radical (unpaired) electrons. The highest BCUT2D eigenvalue weighted by molar-refractivity contribution is 5.43. The van der Waals surface area contributed by atoms with Crippen molar-refractivity contribution in [3.05, 3.63) is 49.9 Å². The van der Waals surface area contributed by atoms with E-state index in [1.54, 1.807) is 0 Å². The van der Waals surface area contributed by atoms with E-state index in [2.05, 4.69) is 21.9 Å². The first-order valence-electron chi connectivity index (χ1n) is 4.69. The Hall–Kier alpha value is -2.65. The number of rotatable bonds is 3. The molecule has 0 atom stereocenters. The number of benzene rings is 1. The molecule has 0 heterocycles. The minimum atomic E-state index is -1.28. The molecule has 0 aliphatic carbocycles. The number of nitrogens with zero attached hydrogens (tertiary/aromatic N) is 4. The number of hydrogen-bond acceptors (Lipinski definition) is 3. The molecule has 0 bridgehead atoms. The van der Waals surface area contributed by atoms with Gasteiger partial charge in [-0.3, -0.25) is 10.1 Å². The van der Waals surface area contributed by atoms with Crippen LogP contribution in [0, 0.1) is 33.6 Å². The first-order valence-corrected chi connectivity index (χ1v) is 4.69. The Labute approximate surface area is 100 Å². The van der Waals surface area contributed by atoms with Gasteiger partial charge in [0.1, 0.15) is 0 Å². The Balaban J connectivity index is 2.93. The molecule has 0 fully saturated rings. The normalized spacial score (nSPS) is 9.00. The number of nitro benzene ring substituents is 1. The van der Waals surface area contributed by atoms with Crippen LogP contribution in [-0.4, -0.2) is 11.5 Å². The molecule has 18 heavy (non-hydrogen) atoms. The van der Waals surface area contributed by atoms with E-state index in [1.165, 1.54) is 0 Å². The van der Waals surface area contributed by atoms with Crippen molar-refractivity contribution in [2.24, 2.45) is 5.11 Å². The van der Waals surface area contributed by atoms with Crippen LogP contribution in [-0.2, 0) is 0 Å². The summed E-state index contributed by atoms with van der Waals surface area (Å²) in [6.45, 7) is 0.140. The number of azide groups is 1. The fraction of sp³-hybridized carbons (Fsp3) is 0.200. The second kappa shape index (κ2) is 6.18. The molecular weight excluding hydrogens is 246 g/mol. The number of nitro groups is 1. The highest BCUT2D eigenvalue weighted by Gasteiger charge is 2.21. The fourth-order valence-corrected chi connectivity index (χ4v) is 1.13. The topological polar surface area (TPSA) is 91.9 Å². The lowest BCUT2D eigenvalue weighted by Crippen LogP contribution is -1.97. The van der Waals surface area contributed by atoms with E-state index in [0.717, 1.165) is 12.1 Å². The SMILES string of the molecule is [N-]=[N+]=NCCC#Cc1cc(F)c([N+](=O)[O-])c(F)c1. The first kappa shape index (κ1) is 13.4. The number of halogens is 2. The summed E-state index contributed by atoms with van der Waals surface area (Å²) in [4.78, 5) is 11.7. The van der Waals surface area contributed by atoms with Crippen molar-refractivity contribution >= 4 is 5.69 Å². The quantitative estimate of drug-likeness (QED) is 0.157. The summed E-state index contributed by atoms with van der Waals surface area (Å²) in [5.41, 5.74) is 6.77. The standard InChI is InChI=1S/C10H6F2N4O2/c11-8-5-7(3-1-2-4-14-15-13)6-9(12)10(8)16(17)18/h5-6H,2,4H2. The van der Waals surface area contributed by atoms with Gasteiger partial charge in [-0.25, -0.2) is 0 Å². The Morgan fingerprint density at radius 2 is 2.06 bits per heavy atom. The van der Waals surface area contributed by atoms with Crippen molar-refractivity contribution in [2.75, 3.05) is 6.54 Å². The van der Waals surface area contributed by atoms with Gasteiger partial charge in [-0.05, 0) is 17.7 Å². The fourth-order valence-electron chi connectivity index (χ4n) is 1.13. The molecule has 0 spiro atoms. The summed E-state index contributed by atoms with van der Waals surface area (Å²) in [6, 6.07) is 1.56. The van der Waals surface area contributed by atoms with Crippen LogP contribution < -0.4 is 0 Å². The van der Waals surface area contributed by atoms with Crippen molar-refractivity contribution < 1.29 is 13.7 Å². The molecule has 0 saturated carbocycles. The summed E-state index contributed by atoms with van der Waals surface area (Å²) in [5.74, 6) is 2.38. The maximum atomic E-state index is 13.2. The van der Waals surface area contributed by atoms with Gasteiger partial charge in [-0.15, -0.1) is 0 Å². The highest BCUT2D eigenvalue weighted by atomic mass is 19.1. The van der Waals surface area contributed by atoms with Crippen molar-refractivity contribution in [3.8, 4) is 11.8 Å². The minimum absolute atomic E-state index is 0.0171. The van der Waals surface area contributed by atoms with Gasteiger partial charge >= 0.3 is 5.69 Å². The molecule has 92 valence electrons. The van der Waals surface area contributed by atoms with Crippen LogP contribution in [0.15, 0.2) is 17.2 Å². The van der Waals surface area contributed by atoms with Crippen molar-refractivity contribution in [1.29, 1.82) is 0 Å². The lowest BCUT2D eigenvalue weighted by atomic mass is 10.2. The molecule has 1 aromatic carbocycles. The summed E-state index contributed by atoms with van der Waals surface area (Å²) < 4.78 is 26.4. The largest absolute Gasteiger partial charge is 0.340 e. The third-order valence-corrected chi connectivity index (χ3v) is 1.83. The van der Waals surface area contributed by atoms with Crippen LogP contribution in [0.3, 0.4) is 0 Å². The maximum absolute atomic E-state index is 13.2. The summed E-state index contributed by atoms with van der Waals surface area (Å²) in [6.07, 6.45) is 0.226. The zero-order valence-corrected chi connectivity index (χ0v) is 8.93. The van der Waals surface area contributed by atoms with Crippen LogP contribution in [0.2, 0.25) is 0 Å². The lowest BCUT2D eigenvalue weighted by Gasteiger charge is -1.96. The Morgan fingerprint density at radius 3 is 2.56 bits per heavy atom. The van der Waals surface area contributed by atoms with Gasteiger partial charge in [-0.2, -0.15) is 8.78 Å². The first-order chi connectivity index (χ1) is 8.56. The van der Waals surface area contributed by atoms with E-state index in [-0.39, 0.29) is 18.5 Å². The molecule has 6 nitrogen and oxygen atoms in total. The van der Waals surface area contributed by atoms with Crippen LogP contribution >= 0.6 is 0 Å². The predicted octanol–water partition coefficient (Wildman–Crippen LogP) is 2.92. The summed E-state index contributed by atoms with van der Waals surface area (Å²) >= 11 is 0. The highest BCUT2D eigenvalue weighted by Crippen LogP contribution is 2.22.